The second-order valence-electron chi connectivity index (χ2n) is 5.62. The van der Waals surface area contributed by atoms with Crippen molar-refractivity contribution in [2.75, 3.05) is 32.7 Å². The van der Waals surface area contributed by atoms with Gasteiger partial charge in [-0.3, -0.25) is 14.5 Å². The summed E-state index contributed by atoms with van der Waals surface area (Å²) in [7, 11) is 0. The Labute approximate surface area is 114 Å². The number of hydrogen-bond acceptors (Lipinski definition) is 4. The van der Waals surface area contributed by atoms with Gasteiger partial charge in [-0.1, -0.05) is 13.8 Å². The predicted molar refractivity (Wildman–Crippen MR) is 71.1 cm³/mol. The summed E-state index contributed by atoms with van der Waals surface area (Å²) in [6, 6.07) is 0.0654. The average Bonchev–Trinajstić information content (AvgIpc) is 2.27. The highest BCUT2D eigenvalue weighted by molar-refractivity contribution is 5.72. The molecule has 2 N–H and O–H groups in total. The first-order valence-corrected chi connectivity index (χ1v) is 6.78. The molecule has 0 saturated carbocycles. The first kappa shape index (κ1) is 15.9. The van der Waals surface area contributed by atoms with Crippen molar-refractivity contribution in [3.05, 3.63) is 0 Å². The van der Waals surface area contributed by atoms with E-state index in [1.54, 1.807) is 4.90 Å². The van der Waals surface area contributed by atoms with Crippen molar-refractivity contribution in [2.45, 2.75) is 32.7 Å². The van der Waals surface area contributed by atoms with E-state index in [9.17, 15) is 9.59 Å². The Balaban J connectivity index is 2.48. The Bertz CT molecular complexity index is 296. The lowest BCUT2D eigenvalue weighted by molar-refractivity contribution is -0.143. The molecule has 0 aromatic heterocycles. The molecule has 0 aromatic carbocycles. The molecule has 1 rings (SSSR count). The Morgan fingerprint density at radius 1 is 1.16 bits per heavy atom. The van der Waals surface area contributed by atoms with Crippen molar-refractivity contribution in [1.82, 2.24) is 9.80 Å². The molecule has 0 bridgehead atoms. The van der Waals surface area contributed by atoms with Crippen molar-refractivity contribution in [3.63, 3.8) is 0 Å². The molecule has 0 spiro atoms. The number of carbonyl (C=O) groups is 2. The number of aliphatic carboxylic acids is 2. The van der Waals surface area contributed by atoms with Crippen molar-refractivity contribution in [3.8, 4) is 0 Å². The second kappa shape index (κ2) is 7.45. The van der Waals surface area contributed by atoms with Gasteiger partial charge in [0.05, 0.1) is 13.1 Å². The zero-order valence-corrected chi connectivity index (χ0v) is 11.7. The molecule has 6 heteroatoms. The largest absolute Gasteiger partial charge is 0.480 e. The maximum Gasteiger partial charge on any atom is 0.317 e. The summed E-state index contributed by atoms with van der Waals surface area (Å²) in [5.41, 5.74) is 0. The minimum absolute atomic E-state index is 0.0654. The van der Waals surface area contributed by atoms with Gasteiger partial charge < -0.3 is 15.1 Å². The molecule has 1 heterocycles. The minimum atomic E-state index is -0.967. The van der Waals surface area contributed by atoms with Gasteiger partial charge in [-0.15, -0.1) is 0 Å². The SMILES string of the molecule is CC(C)CN1CCC(N(CC(=O)O)CC(=O)O)CC1. The zero-order valence-electron chi connectivity index (χ0n) is 11.7. The van der Waals surface area contributed by atoms with E-state index in [0.717, 1.165) is 32.5 Å². The molecule has 1 saturated heterocycles. The lowest BCUT2D eigenvalue weighted by atomic mass is 10.0. The van der Waals surface area contributed by atoms with Gasteiger partial charge in [0.1, 0.15) is 0 Å². The van der Waals surface area contributed by atoms with E-state index < -0.39 is 11.9 Å². The van der Waals surface area contributed by atoms with Gasteiger partial charge in [0.15, 0.2) is 0 Å². The summed E-state index contributed by atoms with van der Waals surface area (Å²) in [6.07, 6.45) is 1.68. The highest BCUT2D eigenvalue weighted by Gasteiger charge is 2.27. The average molecular weight is 272 g/mol. The topological polar surface area (TPSA) is 81.1 Å². The standard InChI is InChI=1S/C13H24N2O4/c1-10(2)7-14-5-3-11(4-6-14)15(8-12(16)17)9-13(18)19/h10-11H,3-9H2,1-2H3,(H,16,17)(H,18,19). The highest BCUT2D eigenvalue weighted by Crippen LogP contribution is 2.17. The Hall–Kier alpha value is -1.14. The van der Waals surface area contributed by atoms with Crippen LogP contribution in [0, 0.1) is 5.92 Å². The fourth-order valence-corrected chi connectivity index (χ4v) is 2.65. The summed E-state index contributed by atoms with van der Waals surface area (Å²) >= 11 is 0. The van der Waals surface area contributed by atoms with Crippen LogP contribution in [0.25, 0.3) is 0 Å². The molecule has 19 heavy (non-hydrogen) atoms. The molecular formula is C13H24N2O4. The van der Waals surface area contributed by atoms with Crippen molar-refractivity contribution in [1.29, 1.82) is 0 Å². The lowest BCUT2D eigenvalue weighted by Crippen LogP contribution is -2.48. The van der Waals surface area contributed by atoms with Crippen LogP contribution in [-0.2, 0) is 9.59 Å². The molecule has 0 amide bonds. The molecular weight excluding hydrogens is 248 g/mol. The molecule has 0 radical (unpaired) electrons. The molecule has 0 atom stereocenters. The van der Waals surface area contributed by atoms with Crippen LogP contribution in [0.1, 0.15) is 26.7 Å². The molecule has 1 aliphatic heterocycles. The molecule has 0 unspecified atom stereocenters. The van der Waals surface area contributed by atoms with Gasteiger partial charge in [0.25, 0.3) is 0 Å². The molecule has 6 nitrogen and oxygen atoms in total. The zero-order chi connectivity index (χ0) is 14.4. The van der Waals surface area contributed by atoms with E-state index in [1.807, 2.05) is 0 Å². The molecule has 0 aliphatic carbocycles. The fraction of sp³-hybridized carbons (Fsp3) is 0.846. The van der Waals surface area contributed by atoms with Gasteiger partial charge >= 0.3 is 11.9 Å². The molecule has 1 fully saturated rings. The maximum atomic E-state index is 10.8. The Kier molecular flexibility index (Phi) is 6.24. The number of nitrogens with zero attached hydrogens (tertiary/aromatic N) is 2. The Morgan fingerprint density at radius 3 is 2.00 bits per heavy atom. The smallest absolute Gasteiger partial charge is 0.317 e. The summed E-state index contributed by atoms with van der Waals surface area (Å²) in [5, 5.41) is 17.7. The summed E-state index contributed by atoms with van der Waals surface area (Å²) in [4.78, 5) is 25.5. The van der Waals surface area contributed by atoms with Crippen LogP contribution in [-0.4, -0.2) is 70.7 Å². The van der Waals surface area contributed by atoms with Crippen LogP contribution >= 0.6 is 0 Å². The maximum absolute atomic E-state index is 10.8. The van der Waals surface area contributed by atoms with Crippen molar-refractivity contribution >= 4 is 11.9 Å². The lowest BCUT2D eigenvalue weighted by Gasteiger charge is -2.37. The molecule has 0 aromatic rings. The third kappa shape index (κ3) is 6.02. The van der Waals surface area contributed by atoms with Crippen LogP contribution in [0.2, 0.25) is 0 Å². The number of piperidine rings is 1. The fourth-order valence-electron chi connectivity index (χ4n) is 2.65. The molecule has 1 aliphatic rings. The van der Waals surface area contributed by atoms with Crippen LogP contribution < -0.4 is 0 Å². The summed E-state index contributed by atoms with van der Waals surface area (Å²) in [6.45, 7) is 6.84. The highest BCUT2D eigenvalue weighted by atomic mass is 16.4. The second-order valence-corrected chi connectivity index (χ2v) is 5.62. The summed E-state index contributed by atoms with van der Waals surface area (Å²) < 4.78 is 0. The van der Waals surface area contributed by atoms with Crippen molar-refractivity contribution in [2.24, 2.45) is 5.92 Å². The number of hydrogen-bond donors (Lipinski definition) is 2. The van der Waals surface area contributed by atoms with Crippen LogP contribution in [0.3, 0.4) is 0 Å². The van der Waals surface area contributed by atoms with E-state index in [4.69, 9.17) is 10.2 Å². The first-order chi connectivity index (χ1) is 8.88. The third-order valence-corrected chi connectivity index (χ3v) is 3.37. The number of carboxylic acid groups (broad SMARTS) is 2. The number of likely N-dealkylation sites (tertiary alicyclic amines) is 1. The van der Waals surface area contributed by atoms with Gasteiger partial charge in [-0.05, 0) is 31.8 Å². The normalized spacial score (nSPS) is 18.1. The predicted octanol–water partition coefficient (Wildman–Crippen LogP) is 0.578. The first-order valence-electron chi connectivity index (χ1n) is 6.78. The van der Waals surface area contributed by atoms with E-state index in [1.165, 1.54) is 0 Å². The summed E-state index contributed by atoms with van der Waals surface area (Å²) in [5.74, 6) is -1.32. The van der Waals surface area contributed by atoms with E-state index in [0.29, 0.717) is 5.92 Å². The van der Waals surface area contributed by atoms with Crippen LogP contribution in [0.15, 0.2) is 0 Å². The van der Waals surface area contributed by atoms with Gasteiger partial charge in [-0.25, -0.2) is 0 Å². The quantitative estimate of drug-likeness (QED) is 0.705. The van der Waals surface area contributed by atoms with E-state index in [2.05, 4.69) is 18.7 Å². The monoisotopic (exact) mass is 272 g/mol. The number of carboxylic acids is 2. The number of rotatable bonds is 7. The minimum Gasteiger partial charge on any atom is -0.480 e. The van der Waals surface area contributed by atoms with Crippen molar-refractivity contribution < 1.29 is 19.8 Å². The Morgan fingerprint density at radius 2 is 1.63 bits per heavy atom. The van der Waals surface area contributed by atoms with E-state index >= 15 is 0 Å². The van der Waals surface area contributed by atoms with Crippen LogP contribution in [0.5, 0.6) is 0 Å². The van der Waals surface area contributed by atoms with Gasteiger partial charge in [0, 0.05) is 12.6 Å². The van der Waals surface area contributed by atoms with Gasteiger partial charge in [-0.2, -0.15) is 0 Å². The van der Waals surface area contributed by atoms with Gasteiger partial charge in [0.2, 0.25) is 0 Å². The van der Waals surface area contributed by atoms with Crippen LogP contribution in [0.4, 0.5) is 0 Å². The van der Waals surface area contributed by atoms with E-state index in [-0.39, 0.29) is 19.1 Å². The third-order valence-electron chi connectivity index (χ3n) is 3.37. The molecule has 110 valence electrons.